The van der Waals surface area contributed by atoms with Crippen LogP contribution in [0, 0.1) is 13.8 Å². The molecule has 0 aromatic heterocycles. The molecule has 12 heteroatoms. The van der Waals surface area contributed by atoms with E-state index < -0.39 is 26.0 Å². The molecule has 214 valence electrons. The van der Waals surface area contributed by atoms with Crippen LogP contribution in [0.15, 0.2) is 94.7 Å². The molecule has 0 spiro atoms. The standard InChI is InChI=1S/C29H29N3O7S2/c1-19-6-5-7-23(16-19)31-41(36,37)28-17-21(9-8-20(28)2)29(33)30-22-10-13-25(14-11-22)40(34,35)32-26-15-12-24(38-3)18-27(26)39-4/h5-18,31-32H,1-4H3,(H,30,33). The summed E-state index contributed by atoms with van der Waals surface area (Å²) in [6.45, 7) is 3.49. The van der Waals surface area contributed by atoms with Crippen molar-refractivity contribution in [1.82, 2.24) is 0 Å². The van der Waals surface area contributed by atoms with Gasteiger partial charge in [0.2, 0.25) is 0 Å². The Bertz CT molecular complexity index is 1800. The van der Waals surface area contributed by atoms with Gasteiger partial charge >= 0.3 is 0 Å². The smallest absolute Gasteiger partial charge is 0.262 e. The van der Waals surface area contributed by atoms with Crippen molar-refractivity contribution >= 4 is 43.0 Å². The molecule has 0 heterocycles. The van der Waals surface area contributed by atoms with Gasteiger partial charge in [-0.1, -0.05) is 18.2 Å². The van der Waals surface area contributed by atoms with E-state index in [4.69, 9.17) is 9.47 Å². The van der Waals surface area contributed by atoms with Gasteiger partial charge in [-0.25, -0.2) is 16.8 Å². The molecule has 3 N–H and O–H groups in total. The summed E-state index contributed by atoms with van der Waals surface area (Å²) in [5.74, 6) is 0.227. The molecule has 0 atom stereocenters. The summed E-state index contributed by atoms with van der Waals surface area (Å²) in [6.07, 6.45) is 0. The SMILES string of the molecule is COc1ccc(NS(=O)(=O)c2ccc(NC(=O)c3ccc(C)c(S(=O)(=O)Nc4cccc(C)c4)c3)cc2)c(OC)c1. The van der Waals surface area contributed by atoms with Crippen LogP contribution in [-0.2, 0) is 20.0 Å². The minimum Gasteiger partial charge on any atom is -0.497 e. The molecule has 0 saturated heterocycles. The zero-order valence-electron chi connectivity index (χ0n) is 22.8. The van der Waals surface area contributed by atoms with Gasteiger partial charge in [-0.3, -0.25) is 14.2 Å². The molecule has 4 rings (SSSR count). The lowest BCUT2D eigenvalue weighted by Gasteiger charge is -2.14. The Kier molecular flexibility index (Phi) is 8.55. The number of anilines is 3. The number of nitrogens with one attached hydrogen (secondary N) is 3. The van der Waals surface area contributed by atoms with E-state index >= 15 is 0 Å². The minimum absolute atomic E-state index is 0.0341. The third-order valence-corrected chi connectivity index (χ3v) is 8.99. The summed E-state index contributed by atoms with van der Waals surface area (Å²) < 4.78 is 67.5. The molecule has 4 aromatic carbocycles. The molecule has 0 radical (unpaired) electrons. The number of aryl methyl sites for hydroxylation is 2. The van der Waals surface area contributed by atoms with Crippen molar-refractivity contribution in [2.45, 2.75) is 23.6 Å². The maximum atomic E-state index is 13.1. The van der Waals surface area contributed by atoms with Crippen molar-refractivity contribution in [2.24, 2.45) is 0 Å². The topological polar surface area (TPSA) is 140 Å². The summed E-state index contributed by atoms with van der Waals surface area (Å²) in [5.41, 5.74) is 2.44. The van der Waals surface area contributed by atoms with Crippen LogP contribution in [0.5, 0.6) is 11.5 Å². The van der Waals surface area contributed by atoms with Crippen LogP contribution in [0.4, 0.5) is 17.1 Å². The Balaban J connectivity index is 1.50. The molecule has 0 bridgehead atoms. The summed E-state index contributed by atoms with van der Waals surface area (Å²) in [5, 5.41) is 2.67. The van der Waals surface area contributed by atoms with E-state index in [1.165, 1.54) is 56.7 Å². The van der Waals surface area contributed by atoms with Gasteiger partial charge in [-0.15, -0.1) is 0 Å². The quantitative estimate of drug-likeness (QED) is 0.230. The van der Waals surface area contributed by atoms with Crippen LogP contribution >= 0.6 is 0 Å². The maximum Gasteiger partial charge on any atom is 0.262 e. The van der Waals surface area contributed by atoms with E-state index in [1.807, 2.05) is 13.0 Å². The number of sulfonamides is 2. The fourth-order valence-corrected chi connectivity index (χ4v) is 6.35. The Morgan fingerprint density at radius 3 is 2.10 bits per heavy atom. The first-order valence-electron chi connectivity index (χ1n) is 12.3. The predicted octanol–water partition coefficient (Wildman–Crippen LogP) is 5.17. The predicted molar refractivity (Wildman–Crippen MR) is 158 cm³/mol. The fourth-order valence-electron chi connectivity index (χ4n) is 3.96. The lowest BCUT2D eigenvalue weighted by molar-refractivity contribution is 0.102. The molecule has 10 nitrogen and oxygen atoms in total. The molecule has 0 aliphatic rings. The highest BCUT2D eigenvalue weighted by atomic mass is 32.2. The number of hydrogen-bond donors (Lipinski definition) is 3. The monoisotopic (exact) mass is 595 g/mol. The zero-order valence-corrected chi connectivity index (χ0v) is 24.4. The number of ether oxygens (including phenoxy) is 2. The highest BCUT2D eigenvalue weighted by Gasteiger charge is 2.21. The molecule has 0 aliphatic carbocycles. The van der Waals surface area contributed by atoms with Gasteiger partial charge in [0, 0.05) is 23.0 Å². The van der Waals surface area contributed by atoms with Crippen molar-refractivity contribution in [3.8, 4) is 11.5 Å². The molecule has 1 amide bonds. The van der Waals surface area contributed by atoms with Crippen LogP contribution in [0.25, 0.3) is 0 Å². The Morgan fingerprint density at radius 2 is 1.44 bits per heavy atom. The van der Waals surface area contributed by atoms with Crippen LogP contribution in [0.2, 0.25) is 0 Å². The second-order valence-corrected chi connectivity index (χ2v) is 12.4. The lowest BCUT2D eigenvalue weighted by atomic mass is 10.1. The first-order chi connectivity index (χ1) is 19.4. The van der Waals surface area contributed by atoms with Gasteiger partial charge in [-0.2, -0.15) is 0 Å². The van der Waals surface area contributed by atoms with Gasteiger partial charge in [0.05, 0.1) is 29.7 Å². The normalized spacial score (nSPS) is 11.4. The molecule has 41 heavy (non-hydrogen) atoms. The van der Waals surface area contributed by atoms with E-state index in [1.54, 1.807) is 43.3 Å². The van der Waals surface area contributed by atoms with Crippen LogP contribution in [0.1, 0.15) is 21.5 Å². The van der Waals surface area contributed by atoms with Gasteiger partial charge in [0.15, 0.2) is 0 Å². The molecule has 0 fully saturated rings. The Hall–Kier alpha value is -4.55. The number of benzene rings is 4. The van der Waals surface area contributed by atoms with Crippen molar-refractivity contribution < 1.29 is 31.1 Å². The molecular formula is C29H29N3O7S2. The van der Waals surface area contributed by atoms with Crippen molar-refractivity contribution in [1.29, 1.82) is 0 Å². The van der Waals surface area contributed by atoms with Crippen molar-refractivity contribution in [3.63, 3.8) is 0 Å². The molecular weight excluding hydrogens is 566 g/mol. The second-order valence-electron chi connectivity index (χ2n) is 9.11. The average molecular weight is 596 g/mol. The highest BCUT2D eigenvalue weighted by Crippen LogP contribution is 2.31. The lowest BCUT2D eigenvalue weighted by Crippen LogP contribution is -2.17. The van der Waals surface area contributed by atoms with E-state index in [0.717, 1.165) is 5.56 Å². The highest BCUT2D eigenvalue weighted by molar-refractivity contribution is 7.93. The molecule has 0 saturated carbocycles. The molecule has 4 aromatic rings. The minimum atomic E-state index is -3.98. The third kappa shape index (κ3) is 6.97. The Morgan fingerprint density at radius 1 is 0.707 bits per heavy atom. The van der Waals surface area contributed by atoms with Crippen LogP contribution in [-0.4, -0.2) is 37.0 Å². The third-order valence-electron chi connectivity index (χ3n) is 6.09. The summed E-state index contributed by atoms with van der Waals surface area (Å²) in [6, 6.07) is 21.5. The summed E-state index contributed by atoms with van der Waals surface area (Å²) in [7, 11) is -5.04. The number of carbonyl (C=O) groups is 1. The Labute approximate surface area is 239 Å². The number of rotatable bonds is 10. The van der Waals surface area contributed by atoms with Gasteiger partial charge in [0.25, 0.3) is 26.0 Å². The van der Waals surface area contributed by atoms with E-state index in [0.29, 0.717) is 22.7 Å². The van der Waals surface area contributed by atoms with E-state index in [2.05, 4.69) is 14.8 Å². The van der Waals surface area contributed by atoms with Gasteiger partial charge < -0.3 is 14.8 Å². The van der Waals surface area contributed by atoms with Crippen LogP contribution in [0.3, 0.4) is 0 Å². The molecule has 0 unspecified atom stereocenters. The average Bonchev–Trinajstić information content (AvgIpc) is 2.93. The van der Waals surface area contributed by atoms with Gasteiger partial charge in [0.1, 0.15) is 11.5 Å². The first-order valence-corrected chi connectivity index (χ1v) is 15.2. The van der Waals surface area contributed by atoms with Crippen molar-refractivity contribution in [2.75, 3.05) is 29.0 Å². The van der Waals surface area contributed by atoms with E-state index in [9.17, 15) is 21.6 Å². The fraction of sp³-hybridized carbons (Fsp3) is 0.138. The summed E-state index contributed by atoms with van der Waals surface area (Å²) >= 11 is 0. The number of amides is 1. The maximum absolute atomic E-state index is 13.1. The van der Waals surface area contributed by atoms with E-state index in [-0.39, 0.29) is 26.8 Å². The first kappa shape index (κ1) is 29.4. The van der Waals surface area contributed by atoms with Gasteiger partial charge in [-0.05, 0) is 85.6 Å². The zero-order chi connectivity index (χ0) is 29.8. The number of hydrogen-bond acceptors (Lipinski definition) is 7. The van der Waals surface area contributed by atoms with Crippen LogP contribution < -0.4 is 24.2 Å². The second kappa shape index (κ2) is 11.9. The summed E-state index contributed by atoms with van der Waals surface area (Å²) in [4.78, 5) is 12.9. The molecule has 0 aliphatic heterocycles. The number of carbonyl (C=O) groups excluding carboxylic acids is 1. The largest absolute Gasteiger partial charge is 0.497 e. The number of methoxy groups -OCH3 is 2. The van der Waals surface area contributed by atoms with Crippen molar-refractivity contribution in [3.05, 3.63) is 102 Å².